The Labute approximate surface area is 162 Å². The number of anilines is 1. The Morgan fingerprint density at radius 3 is 2.64 bits per heavy atom. The van der Waals surface area contributed by atoms with Crippen molar-refractivity contribution in [3.63, 3.8) is 0 Å². The highest BCUT2D eigenvalue weighted by molar-refractivity contribution is 7.89. The van der Waals surface area contributed by atoms with Crippen molar-refractivity contribution < 1.29 is 17.3 Å². The molecule has 9 heteroatoms. The number of nitrogens with two attached hydrogens (primary N) is 1. The molecule has 3 aromatic rings. The Morgan fingerprint density at radius 1 is 1.18 bits per heavy atom. The topological polar surface area (TPSA) is 111 Å². The Kier molecular flexibility index (Phi) is 5.76. The summed E-state index contributed by atoms with van der Waals surface area (Å²) in [6.07, 6.45) is 1.71. The van der Waals surface area contributed by atoms with Crippen LogP contribution in [0, 0.1) is 13.8 Å². The van der Waals surface area contributed by atoms with Crippen molar-refractivity contribution in [2.24, 2.45) is 0 Å². The van der Waals surface area contributed by atoms with Crippen LogP contribution in [-0.2, 0) is 10.0 Å². The van der Waals surface area contributed by atoms with Crippen molar-refractivity contribution in [1.82, 2.24) is 14.9 Å². The number of pyridine rings is 1. The maximum absolute atomic E-state index is 12.5. The molecule has 0 spiro atoms. The summed E-state index contributed by atoms with van der Waals surface area (Å²) in [5, 5.41) is 3.86. The van der Waals surface area contributed by atoms with Gasteiger partial charge in [-0.3, -0.25) is 4.39 Å². The van der Waals surface area contributed by atoms with E-state index in [0.717, 1.165) is 5.56 Å². The fraction of sp³-hybridized carbons (Fsp3) is 0.263. The second kappa shape index (κ2) is 8.07. The highest BCUT2D eigenvalue weighted by Gasteiger charge is 2.17. The molecule has 0 unspecified atom stereocenters. The molecule has 0 radical (unpaired) electrons. The summed E-state index contributed by atoms with van der Waals surface area (Å²) in [7, 11) is -3.74. The van der Waals surface area contributed by atoms with Crippen molar-refractivity contribution in [3.8, 4) is 22.5 Å². The lowest BCUT2D eigenvalue weighted by atomic mass is 10.00. The van der Waals surface area contributed by atoms with E-state index in [0.29, 0.717) is 28.1 Å². The van der Waals surface area contributed by atoms with Crippen molar-refractivity contribution >= 4 is 15.8 Å². The molecule has 0 saturated carbocycles. The van der Waals surface area contributed by atoms with Gasteiger partial charge in [0.1, 0.15) is 5.82 Å². The van der Waals surface area contributed by atoms with Gasteiger partial charge in [-0.05, 0) is 49.6 Å². The van der Waals surface area contributed by atoms with Gasteiger partial charge >= 0.3 is 0 Å². The number of hydrogen-bond acceptors (Lipinski definition) is 6. The van der Waals surface area contributed by atoms with Crippen molar-refractivity contribution in [2.45, 2.75) is 25.2 Å². The first-order chi connectivity index (χ1) is 13.3. The molecule has 0 aliphatic rings. The van der Waals surface area contributed by atoms with Gasteiger partial charge in [-0.15, -0.1) is 0 Å². The lowest BCUT2D eigenvalue weighted by Gasteiger charge is -2.12. The number of halogens is 1. The maximum Gasteiger partial charge on any atom is 0.240 e. The minimum Gasteiger partial charge on any atom is -0.383 e. The normalized spacial score (nSPS) is 11.7. The predicted molar refractivity (Wildman–Crippen MR) is 105 cm³/mol. The van der Waals surface area contributed by atoms with Gasteiger partial charge in [0.25, 0.3) is 0 Å². The third kappa shape index (κ3) is 4.20. The van der Waals surface area contributed by atoms with Crippen LogP contribution >= 0.6 is 0 Å². The third-order valence-electron chi connectivity index (χ3n) is 4.24. The van der Waals surface area contributed by atoms with E-state index in [1.54, 1.807) is 37.4 Å². The van der Waals surface area contributed by atoms with Gasteiger partial charge in [0.05, 0.1) is 22.8 Å². The van der Waals surface area contributed by atoms with Gasteiger partial charge in [0, 0.05) is 24.4 Å². The van der Waals surface area contributed by atoms with Crippen LogP contribution in [0.2, 0.25) is 0 Å². The van der Waals surface area contributed by atoms with Crippen molar-refractivity contribution in [3.05, 3.63) is 47.8 Å². The maximum atomic E-state index is 12.5. The van der Waals surface area contributed by atoms with Crippen LogP contribution in [0.5, 0.6) is 0 Å². The smallest absolute Gasteiger partial charge is 0.240 e. The van der Waals surface area contributed by atoms with Crippen LogP contribution in [0.1, 0.15) is 17.7 Å². The number of aromatic nitrogens is 2. The lowest BCUT2D eigenvalue weighted by Crippen LogP contribution is -2.25. The zero-order valence-corrected chi connectivity index (χ0v) is 16.4. The number of sulfonamides is 1. The Bertz CT molecular complexity index is 1100. The van der Waals surface area contributed by atoms with Gasteiger partial charge < -0.3 is 10.3 Å². The quantitative estimate of drug-likeness (QED) is 0.585. The number of rotatable bonds is 7. The zero-order valence-electron chi connectivity index (χ0n) is 15.6. The number of hydrogen-bond donors (Lipinski definition) is 2. The SMILES string of the molecule is Cc1cc(-c2cc(-c3cc(S(=O)(=O)NCCCF)ccc3C)cnc2N)on1. The first-order valence-corrected chi connectivity index (χ1v) is 10.2. The van der Waals surface area contributed by atoms with E-state index in [1.807, 2.05) is 6.92 Å². The van der Waals surface area contributed by atoms with Crippen molar-refractivity contribution in [1.29, 1.82) is 0 Å². The third-order valence-corrected chi connectivity index (χ3v) is 5.70. The Balaban J connectivity index is 2.02. The summed E-state index contributed by atoms with van der Waals surface area (Å²) in [6.45, 7) is 3.13. The fourth-order valence-electron chi connectivity index (χ4n) is 2.75. The summed E-state index contributed by atoms with van der Waals surface area (Å²) >= 11 is 0. The van der Waals surface area contributed by atoms with Gasteiger partial charge in [0.15, 0.2) is 5.76 Å². The summed E-state index contributed by atoms with van der Waals surface area (Å²) in [6, 6.07) is 8.34. The van der Waals surface area contributed by atoms with Gasteiger partial charge in [0.2, 0.25) is 10.0 Å². The summed E-state index contributed by atoms with van der Waals surface area (Å²) in [5.74, 6) is 0.771. The lowest BCUT2D eigenvalue weighted by molar-refractivity contribution is 0.427. The highest BCUT2D eigenvalue weighted by atomic mass is 32.2. The molecule has 0 aliphatic heterocycles. The number of nitrogens with one attached hydrogen (secondary N) is 1. The molecule has 3 rings (SSSR count). The van der Waals surface area contributed by atoms with Crippen LogP contribution in [0.15, 0.2) is 45.9 Å². The van der Waals surface area contributed by atoms with Crippen LogP contribution in [0.4, 0.5) is 10.2 Å². The van der Waals surface area contributed by atoms with Gasteiger partial charge in [-0.2, -0.15) is 0 Å². The predicted octanol–water partition coefficient (Wildman–Crippen LogP) is 3.24. The number of nitrogens with zero attached hydrogens (tertiary/aromatic N) is 2. The standard InChI is InChI=1S/C19H21FN4O3S/c1-12-4-5-15(28(25,26)23-7-3-6-20)10-16(12)14-9-17(19(21)22-11-14)18-8-13(2)24-27-18/h4-5,8-11,23H,3,6-7H2,1-2H3,(H2,21,22). The van der Waals surface area contributed by atoms with E-state index in [1.165, 1.54) is 6.07 Å². The second-order valence-corrected chi connectivity index (χ2v) is 8.17. The van der Waals surface area contributed by atoms with E-state index in [2.05, 4.69) is 14.9 Å². The van der Waals surface area contributed by atoms with E-state index >= 15 is 0 Å². The number of aryl methyl sites for hydroxylation is 2. The molecule has 0 saturated heterocycles. The minimum atomic E-state index is -3.74. The molecule has 0 atom stereocenters. The first kappa shape index (κ1) is 20.0. The van der Waals surface area contributed by atoms with Crippen LogP contribution < -0.4 is 10.5 Å². The molecule has 2 heterocycles. The van der Waals surface area contributed by atoms with Gasteiger partial charge in [-0.1, -0.05) is 11.2 Å². The zero-order chi connectivity index (χ0) is 20.3. The molecule has 148 valence electrons. The molecule has 0 aliphatic carbocycles. The average Bonchev–Trinajstić information content (AvgIpc) is 3.09. The minimum absolute atomic E-state index is 0.0421. The Hall–Kier alpha value is -2.78. The Morgan fingerprint density at radius 2 is 1.96 bits per heavy atom. The van der Waals surface area contributed by atoms with E-state index < -0.39 is 16.7 Å². The molecule has 28 heavy (non-hydrogen) atoms. The van der Waals surface area contributed by atoms with Crippen LogP contribution in [0.3, 0.4) is 0 Å². The first-order valence-electron chi connectivity index (χ1n) is 8.67. The monoisotopic (exact) mass is 404 g/mol. The van der Waals surface area contributed by atoms with Crippen LogP contribution in [-0.4, -0.2) is 31.8 Å². The molecule has 0 bridgehead atoms. The molecular weight excluding hydrogens is 383 g/mol. The number of alkyl halides is 1. The fourth-order valence-corrected chi connectivity index (χ4v) is 3.85. The summed E-state index contributed by atoms with van der Waals surface area (Å²) < 4.78 is 44.8. The van der Waals surface area contributed by atoms with Gasteiger partial charge in [-0.25, -0.2) is 18.1 Å². The number of nitrogen functional groups attached to an aromatic ring is 1. The largest absolute Gasteiger partial charge is 0.383 e. The molecule has 7 nitrogen and oxygen atoms in total. The molecule has 0 amide bonds. The average molecular weight is 404 g/mol. The van der Waals surface area contributed by atoms with E-state index in [4.69, 9.17) is 10.3 Å². The molecular formula is C19H21FN4O3S. The molecule has 3 N–H and O–H groups in total. The summed E-state index contributed by atoms with van der Waals surface area (Å²) in [5.41, 5.74) is 9.52. The molecule has 0 fully saturated rings. The van der Waals surface area contributed by atoms with E-state index in [-0.39, 0.29) is 23.7 Å². The highest BCUT2D eigenvalue weighted by Crippen LogP contribution is 2.32. The second-order valence-electron chi connectivity index (χ2n) is 6.41. The number of benzene rings is 1. The van der Waals surface area contributed by atoms with Crippen molar-refractivity contribution in [2.75, 3.05) is 19.0 Å². The van der Waals surface area contributed by atoms with Crippen LogP contribution in [0.25, 0.3) is 22.5 Å². The van der Waals surface area contributed by atoms with E-state index in [9.17, 15) is 12.8 Å². The summed E-state index contributed by atoms with van der Waals surface area (Å²) in [4.78, 5) is 4.32. The molecule has 1 aromatic carbocycles. The molecule has 2 aromatic heterocycles.